The maximum absolute atomic E-state index is 12.6. The van der Waals surface area contributed by atoms with Gasteiger partial charge in [0.1, 0.15) is 0 Å². The number of benzene rings is 1. The molecule has 0 spiro atoms. The van der Waals surface area contributed by atoms with Crippen LogP contribution in [-0.4, -0.2) is 10.8 Å². The first kappa shape index (κ1) is 15.2. The van der Waals surface area contributed by atoms with E-state index in [1.165, 1.54) is 12.1 Å². The SMILES string of the molecule is CCc1ccc(CC(=O)c2cccc(C(F)(F)F)c2)nc1. The van der Waals surface area contributed by atoms with Crippen molar-refractivity contribution < 1.29 is 18.0 Å². The molecule has 1 heterocycles. The van der Waals surface area contributed by atoms with Gasteiger partial charge in [-0.25, -0.2) is 0 Å². The summed E-state index contributed by atoms with van der Waals surface area (Å²) < 4.78 is 37.9. The lowest BCUT2D eigenvalue weighted by Crippen LogP contribution is -2.09. The molecule has 0 radical (unpaired) electrons. The van der Waals surface area contributed by atoms with Gasteiger partial charge in [0.2, 0.25) is 0 Å². The summed E-state index contributed by atoms with van der Waals surface area (Å²) in [5.74, 6) is -0.377. The Morgan fingerprint density at radius 1 is 1.19 bits per heavy atom. The van der Waals surface area contributed by atoms with E-state index in [4.69, 9.17) is 0 Å². The van der Waals surface area contributed by atoms with Crippen molar-refractivity contribution in [2.24, 2.45) is 0 Å². The third-order valence-electron chi connectivity index (χ3n) is 3.15. The van der Waals surface area contributed by atoms with Gasteiger partial charge in [0.15, 0.2) is 5.78 Å². The van der Waals surface area contributed by atoms with Crippen molar-refractivity contribution in [3.63, 3.8) is 0 Å². The van der Waals surface area contributed by atoms with E-state index < -0.39 is 11.7 Å². The van der Waals surface area contributed by atoms with Crippen molar-refractivity contribution >= 4 is 5.78 Å². The van der Waals surface area contributed by atoms with E-state index in [1.807, 2.05) is 13.0 Å². The van der Waals surface area contributed by atoms with E-state index in [-0.39, 0.29) is 17.8 Å². The summed E-state index contributed by atoms with van der Waals surface area (Å²) in [7, 11) is 0. The molecular formula is C16H14F3NO. The molecule has 0 saturated heterocycles. The number of aromatic nitrogens is 1. The molecule has 0 amide bonds. The second-order valence-electron chi connectivity index (χ2n) is 4.69. The Kier molecular flexibility index (Phi) is 4.40. The van der Waals surface area contributed by atoms with Gasteiger partial charge in [-0.2, -0.15) is 13.2 Å². The van der Waals surface area contributed by atoms with Crippen LogP contribution in [0.15, 0.2) is 42.6 Å². The molecule has 0 unspecified atom stereocenters. The van der Waals surface area contributed by atoms with E-state index in [0.29, 0.717) is 5.69 Å². The number of carbonyl (C=O) groups is 1. The standard InChI is InChI=1S/C16H14F3NO/c1-2-11-6-7-14(20-10-11)9-15(21)12-4-3-5-13(8-12)16(17,18)19/h3-8,10H,2,9H2,1H3. The molecule has 0 N–H and O–H groups in total. The van der Waals surface area contributed by atoms with Gasteiger partial charge in [-0.05, 0) is 30.2 Å². The second-order valence-corrected chi connectivity index (χ2v) is 4.69. The molecule has 0 aliphatic rings. The lowest BCUT2D eigenvalue weighted by Gasteiger charge is -2.08. The van der Waals surface area contributed by atoms with Crippen molar-refractivity contribution in [1.29, 1.82) is 0 Å². The smallest absolute Gasteiger partial charge is 0.294 e. The number of alkyl halides is 3. The second kappa shape index (κ2) is 6.08. The third-order valence-corrected chi connectivity index (χ3v) is 3.15. The van der Waals surface area contributed by atoms with Gasteiger partial charge in [-0.3, -0.25) is 9.78 Å². The number of halogens is 3. The molecule has 0 aliphatic heterocycles. The Hall–Kier alpha value is -2.17. The van der Waals surface area contributed by atoms with Crippen LogP contribution in [0.5, 0.6) is 0 Å². The summed E-state index contributed by atoms with van der Waals surface area (Å²) in [6.07, 6.45) is -1.94. The van der Waals surface area contributed by atoms with E-state index >= 15 is 0 Å². The fraction of sp³-hybridized carbons (Fsp3) is 0.250. The van der Waals surface area contributed by atoms with Crippen molar-refractivity contribution in [2.45, 2.75) is 25.9 Å². The van der Waals surface area contributed by atoms with Crippen molar-refractivity contribution in [1.82, 2.24) is 4.98 Å². The number of carbonyl (C=O) groups excluding carboxylic acids is 1. The van der Waals surface area contributed by atoms with Gasteiger partial charge in [-0.15, -0.1) is 0 Å². The maximum atomic E-state index is 12.6. The lowest BCUT2D eigenvalue weighted by atomic mass is 10.0. The highest BCUT2D eigenvalue weighted by Gasteiger charge is 2.30. The Labute approximate surface area is 120 Å². The van der Waals surface area contributed by atoms with Gasteiger partial charge in [0.25, 0.3) is 0 Å². The number of Topliss-reactive ketones (excluding diaryl/α,β-unsaturated/α-hetero) is 1. The van der Waals surface area contributed by atoms with Crippen LogP contribution in [0.4, 0.5) is 13.2 Å². The quantitative estimate of drug-likeness (QED) is 0.795. The number of ketones is 1. The molecule has 0 aliphatic carbocycles. The molecule has 5 heteroatoms. The normalized spacial score (nSPS) is 11.4. The molecule has 2 rings (SSSR count). The number of hydrogen-bond acceptors (Lipinski definition) is 2. The molecule has 0 bridgehead atoms. The van der Waals surface area contributed by atoms with Crippen LogP contribution in [0.1, 0.15) is 34.1 Å². The fourth-order valence-electron chi connectivity index (χ4n) is 1.90. The number of hydrogen-bond donors (Lipinski definition) is 0. The van der Waals surface area contributed by atoms with E-state index in [9.17, 15) is 18.0 Å². The van der Waals surface area contributed by atoms with Crippen LogP contribution in [0.25, 0.3) is 0 Å². The predicted octanol–water partition coefficient (Wildman–Crippen LogP) is 4.09. The van der Waals surface area contributed by atoms with Crippen LogP contribution in [0.2, 0.25) is 0 Å². The summed E-state index contributed by atoms with van der Waals surface area (Å²) in [5.41, 5.74) is 0.828. The summed E-state index contributed by atoms with van der Waals surface area (Å²) in [6.45, 7) is 1.99. The minimum atomic E-state index is -4.45. The average molecular weight is 293 g/mol. The highest BCUT2D eigenvalue weighted by Crippen LogP contribution is 2.29. The zero-order valence-electron chi connectivity index (χ0n) is 11.4. The molecule has 110 valence electrons. The molecular weight excluding hydrogens is 279 g/mol. The van der Waals surface area contributed by atoms with Gasteiger partial charge in [0.05, 0.1) is 12.0 Å². The van der Waals surface area contributed by atoms with Crippen LogP contribution < -0.4 is 0 Å². The maximum Gasteiger partial charge on any atom is 0.416 e. The Morgan fingerprint density at radius 2 is 1.95 bits per heavy atom. The van der Waals surface area contributed by atoms with Gasteiger partial charge >= 0.3 is 6.18 Å². The van der Waals surface area contributed by atoms with Crippen LogP contribution in [0, 0.1) is 0 Å². The summed E-state index contributed by atoms with van der Waals surface area (Å²) in [5, 5.41) is 0. The third kappa shape index (κ3) is 3.90. The Bertz CT molecular complexity index is 633. The number of pyridine rings is 1. The minimum Gasteiger partial charge on any atom is -0.294 e. The van der Waals surface area contributed by atoms with Crippen LogP contribution in [0.3, 0.4) is 0 Å². The van der Waals surface area contributed by atoms with E-state index in [1.54, 1.807) is 12.3 Å². The van der Waals surface area contributed by atoms with Gasteiger partial charge in [-0.1, -0.05) is 25.1 Å². The number of rotatable bonds is 4. The number of nitrogens with zero attached hydrogens (tertiary/aromatic N) is 1. The Balaban J connectivity index is 2.16. The average Bonchev–Trinajstić information content (AvgIpc) is 2.47. The first-order valence-electron chi connectivity index (χ1n) is 6.54. The summed E-state index contributed by atoms with van der Waals surface area (Å²) in [6, 6.07) is 8.04. The highest BCUT2D eigenvalue weighted by molar-refractivity contribution is 5.97. The molecule has 21 heavy (non-hydrogen) atoms. The first-order chi connectivity index (χ1) is 9.90. The number of aryl methyl sites for hydroxylation is 1. The molecule has 2 nitrogen and oxygen atoms in total. The zero-order chi connectivity index (χ0) is 15.5. The minimum absolute atomic E-state index is 0.00863. The summed E-state index contributed by atoms with van der Waals surface area (Å²) in [4.78, 5) is 16.2. The molecule has 1 aromatic heterocycles. The molecule has 1 aromatic carbocycles. The topological polar surface area (TPSA) is 30.0 Å². The largest absolute Gasteiger partial charge is 0.416 e. The predicted molar refractivity (Wildman–Crippen MR) is 73.1 cm³/mol. The van der Waals surface area contributed by atoms with Crippen molar-refractivity contribution in [3.05, 3.63) is 65.0 Å². The van der Waals surface area contributed by atoms with Gasteiger partial charge < -0.3 is 0 Å². The van der Waals surface area contributed by atoms with Crippen LogP contribution >= 0.6 is 0 Å². The van der Waals surface area contributed by atoms with Crippen molar-refractivity contribution in [2.75, 3.05) is 0 Å². The van der Waals surface area contributed by atoms with E-state index in [2.05, 4.69) is 4.98 Å². The van der Waals surface area contributed by atoms with Crippen LogP contribution in [-0.2, 0) is 19.0 Å². The lowest BCUT2D eigenvalue weighted by molar-refractivity contribution is -0.137. The summed E-state index contributed by atoms with van der Waals surface area (Å²) >= 11 is 0. The molecule has 2 aromatic rings. The molecule has 0 saturated carbocycles. The highest BCUT2D eigenvalue weighted by atomic mass is 19.4. The first-order valence-corrected chi connectivity index (χ1v) is 6.54. The monoisotopic (exact) mass is 293 g/mol. The van der Waals surface area contributed by atoms with E-state index in [0.717, 1.165) is 24.1 Å². The van der Waals surface area contributed by atoms with Gasteiger partial charge in [0, 0.05) is 17.5 Å². The fourth-order valence-corrected chi connectivity index (χ4v) is 1.90. The molecule has 0 atom stereocenters. The van der Waals surface area contributed by atoms with Crippen molar-refractivity contribution in [3.8, 4) is 0 Å². The Morgan fingerprint density at radius 3 is 2.52 bits per heavy atom. The molecule has 0 fully saturated rings. The zero-order valence-corrected chi connectivity index (χ0v) is 11.4.